The van der Waals surface area contributed by atoms with Crippen LogP contribution in [0.2, 0.25) is 0 Å². The van der Waals surface area contributed by atoms with Gasteiger partial charge >= 0.3 is 0 Å². The molecule has 1 spiro atoms. The van der Waals surface area contributed by atoms with Crippen molar-refractivity contribution < 1.29 is 14.3 Å². The standard InChI is InChI=1S/C18H23NO3/c1-21-15-6-4-14(5-7-15)18(8-2-3-9-18)16(20)19-11-10-17(19)12-22-13-17/h4-7H,2-3,8-13H2,1H3. The number of carbonyl (C=O) groups excluding carboxylic acids is 1. The number of rotatable bonds is 3. The minimum atomic E-state index is -0.324. The summed E-state index contributed by atoms with van der Waals surface area (Å²) in [5.41, 5.74) is 0.854. The quantitative estimate of drug-likeness (QED) is 0.861. The molecule has 0 atom stereocenters. The van der Waals surface area contributed by atoms with Crippen molar-refractivity contribution in [3.05, 3.63) is 29.8 Å². The summed E-state index contributed by atoms with van der Waals surface area (Å²) in [6, 6.07) is 8.10. The van der Waals surface area contributed by atoms with E-state index in [-0.39, 0.29) is 11.0 Å². The fourth-order valence-electron chi connectivity index (χ4n) is 4.27. The summed E-state index contributed by atoms with van der Waals surface area (Å²) < 4.78 is 10.6. The van der Waals surface area contributed by atoms with Crippen LogP contribution < -0.4 is 4.74 Å². The first-order valence-corrected chi connectivity index (χ1v) is 8.25. The monoisotopic (exact) mass is 301 g/mol. The molecule has 2 heterocycles. The zero-order chi connectivity index (χ0) is 15.2. The van der Waals surface area contributed by atoms with Crippen LogP contribution in [0.25, 0.3) is 0 Å². The van der Waals surface area contributed by atoms with E-state index in [4.69, 9.17) is 9.47 Å². The molecule has 118 valence electrons. The van der Waals surface area contributed by atoms with Gasteiger partial charge in [0.2, 0.25) is 5.91 Å². The van der Waals surface area contributed by atoms with Crippen LogP contribution in [0.1, 0.15) is 37.7 Å². The molecule has 1 aliphatic carbocycles. The molecule has 1 saturated carbocycles. The van der Waals surface area contributed by atoms with Gasteiger partial charge in [-0.15, -0.1) is 0 Å². The maximum Gasteiger partial charge on any atom is 0.233 e. The second-order valence-electron chi connectivity index (χ2n) is 6.94. The summed E-state index contributed by atoms with van der Waals surface area (Å²) in [6.45, 7) is 2.33. The van der Waals surface area contributed by atoms with E-state index >= 15 is 0 Å². The molecule has 2 aliphatic heterocycles. The molecule has 0 unspecified atom stereocenters. The van der Waals surface area contributed by atoms with Gasteiger partial charge in [0.25, 0.3) is 0 Å². The van der Waals surface area contributed by atoms with Gasteiger partial charge in [0.1, 0.15) is 5.75 Å². The molecule has 0 N–H and O–H groups in total. The highest BCUT2D eigenvalue weighted by molar-refractivity contribution is 5.90. The van der Waals surface area contributed by atoms with Crippen molar-refractivity contribution in [2.24, 2.45) is 0 Å². The van der Waals surface area contributed by atoms with Crippen molar-refractivity contribution in [3.63, 3.8) is 0 Å². The predicted octanol–water partition coefficient (Wildman–Crippen LogP) is 2.51. The fraction of sp³-hybridized carbons (Fsp3) is 0.611. The lowest BCUT2D eigenvalue weighted by Crippen LogP contribution is -2.74. The molecule has 4 nitrogen and oxygen atoms in total. The van der Waals surface area contributed by atoms with Crippen molar-refractivity contribution >= 4 is 5.91 Å². The van der Waals surface area contributed by atoms with Crippen LogP contribution in [-0.4, -0.2) is 43.2 Å². The van der Waals surface area contributed by atoms with Gasteiger partial charge in [-0.1, -0.05) is 25.0 Å². The number of methoxy groups -OCH3 is 1. The second-order valence-corrected chi connectivity index (χ2v) is 6.94. The third-order valence-electron chi connectivity index (χ3n) is 5.87. The molecule has 0 aromatic heterocycles. The van der Waals surface area contributed by atoms with Gasteiger partial charge in [-0.3, -0.25) is 4.79 Å². The Morgan fingerprint density at radius 2 is 1.82 bits per heavy atom. The molecular weight excluding hydrogens is 278 g/mol. The molecule has 3 fully saturated rings. The first-order chi connectivity index (χ1) is 10.7. The summed E-state index contributed by atoms with van der Waals surface area (Å²) >= 11 is 0. The highest BCUT2D eigenvalue weighted by Crippen LogP contribution is 2.47. The largest absolute Gasteiger partial charge is 0.497 e. The summed E-state index contributed by atoms with van der Waals surface area (Å²) in [4.78, 5) is 15.5. The number of ether oxygens (including phenoxy) is 2. The van der Waals surface area contributed by atoms with E-state index in [1.165, 1.54) is 0 Å². The zero-order valence-electron chi connectivity index (χ0n) is 13.1. The minimum Gasteiger partial charge on any atom is -0.497 e. The smallest absolute Gasteiger partial charge is 0.233 e. The van der Waals surface area contributed by atoms with Gasteiger partial charge in [-0.2, -0.15) is 0 Å². The number of benzene rings is 1. The third kappa shape index (κ3) is 1.83. The van der Waals surface area contributed by atoms with Crippen LogP contribution in [0.4, 0.5) is 0 Å². The van der Waals surface area contributed by atoms with E-state index in [9.17, 15) is 4.79 Å². The highest BCUT2D eigenvalue weighted by atomic mass is 16.5. The first-order valence-electron chi connectivity index (χ1n) is 8.25. The molecule has 4 rings (SSSR count). The van der Waals surface area contributed by atoms with Gasteiger partial charge in [0.15, 0.2) is 0 Å². The number of amides is 1. The molecule has 1 aromatic rings. The minimum absolute atomic E-state index is 0.0269. The Hall–Kier alpha value is -1.55. The van der Waals surface area contributed by atoms with Crippen LogP contribution >= 0.6 is 0 Å². The molecular formula is C18H23NO3. The Bertz CT molecular complexity index is 565. The normalized spacial score (nSPS) is 24.7. The zero-order valence-corrected chi connectivity index (χ0v) is 13.1. The van der Waals surface area contributed by atoms with Crippen LogP contribution in [0.15, 0.2) is 24.3 Å². The number of nitrogens with zero attached hydrogens (tertiary/aromatic N) is 1. The van der Waals surface area contributed by atoms with Gasteiger partial charge in [-0.05, 0) is 37.0 Å². The molecule has 4 heteroatoms. The summed E-state index contributed by atoms with van der Waals surface area (Å²) in [7, 11) is 1.67. The molecule has 2 saturated heterocycles. The molecule has 22 heavy (non-hydrogen) atoms. The topological polar surface area (TPSA) is 38.8 Å². The fourth-order valence-corrected chi connectivity index (χ4v) is 4.27. The Morgan fingerprint density at radius 3 is 2.27 bits per heavy atom. The van der Waals surface area contributed by atoms with Crippen LogP contribution in [0, 0.1) is 0 Å². The van der Waals surface area contributed by atoms with Crippen molar-refractivity contribution in [3.8, 4) is 5.75 Å². The highest BCUT2D eigenvalue weighted by Gasteiger charge is 2.57. The average Bonchev–Trinajstić information content (AvgIpc) is 2.95. The van der Waals surface area contributed by atoms with E-state index in [0.29, 0.717) is 5.91 Å². The van der Waals surface area contributed by atoms with E-state index in [1.807, 2.05) is 12.1 Å². The van der Waals surface area contributed by atoms with E-state index < -0.39 is 0 Å². The number of likely N-dealkylation sites (tertiary alicyclic amines) is 1. The van der Waals surface area contributed by atoms with Gasteiger partial charge in [0, 0.05) is 6.54 Å². The van der Waals surface area contributed by atoms with Crippen LogP contribution in [0.3, 0.4) is 0 Å². The lowest BCUT2D eigenvalue weighted by molar-refractivity contribution is -0.204. The van der Waals surface area contributed by atoms with Crippen molar-refractivity contribution in [2.45, 2.75) is 43.1 Å². The van der Waals surface area contributed by atoms with Crippen LogP contribution in [-0.2, 0) is 14.9 Å². The second kappa shape index (κ2) is 4.98. The van der Waals surface area contributed by atoms with E-state index in [1.54, 1.807) is 7.11 Å². The third-order valence-corrected chi connectivity index (χ3v) is 5.87. The molecule has 1 aromatic carbocycles. The van der Waals surface area contributed by atoms with E-state index in [2.05, 4.69) is 17.0 Å². The maximum atomic E-state index is 13.4. The Morgan fingerprint density at radius 1 is 1.14 bits per heavy atom. The number of carbonyl (C=O) groups is 1. The predicted molar refractivity (Wildman–Crippen MR) is 83.0 cm³/mol. The molecule has 0 radical (unpaired) electrons. The summed E-state index contributed by atoms with van der Waals surface area (Å²) in [6.07, 6.45) is 5.29. The molecule has 3 aliphatic rings. The molecule has 0 bridgehead atoms. The number of hydrogen-bond donors (Lipinski definition) is 0. The first kappa shape index (κ1) is 14.1. The van der Waals surface area contributed by atoms with Gasteiger partial charge in [0.05, 0.1) is 31.3 Å². The van der Waals surface area contributed by atoms with Crippen molar-refractivity contribution in [1.82, 2.24) is 4.90 Å². The molecule has 1 amide bonds. The SMILES string of the molecule is COc1ccc(C2(C(=O)N3CCC34COC4)CCCC2)cc1. The summed E-state index contributed by atoms with van der Waals surface area (Å²) in [5, 5.41) is 0. The number of hydrogen-bond acceptors (Lipinski definition) is 3. The van der Waals surface area contributed by atoms with Crippen LogP contribution in [0.5, 0.6) is 5.75 Å². The van der Waals surface area contributed by atoms with Crippen molar-refractivity contribution in [1.29, 1.82) is 0 Å². The van der Waals surface area contributed by atoms with Gasteiger partial charge < -0.3 is 14.4 Å². The van der Waals surface area contributed by atoms with E-state index in [0.717, 1.165) is 63.2 Å². The van der Waals surface area contributed by atoms with Gasteiger partial charge in [-0.25, -0.2) is 0 Å². The Balaban J connectivity index is 1.65. The lowest BCUT2D eigenvalue weighted by atomic mass is 9.73. The lowest BCUT2D eigenvalue weighted by Gasteiger charge is -2.59. The maximum absolute atomic E-state index is 13.4. The average molecular weight is 301 g/mol. The Labute approximate surface area is 131 Å². The summed E-state index contributed by atoms with van der Waals surface area (Å²) in [5.74, 6) is 1.17. The Kier molecular flexibility index (Phi) is 3.19. The van der Waals surface area contributed by atoms with Crippen molar-refractivity contribution in [2.75, 3.05) is 26.9 Å².